The maximum Gasteiger partial charge on any atom is 0.220 e. The average molecular weight is 303 g/mol. The third kappa shape index (κ3) is 2.84. The van der Waals surface area contributed by atoms with E-state index in [4.69, 9.17) is 21.4 Å². The Morgan fingerprint density at radius 3 is 2.67 bits per heavy atom. The molecule has 0 aromatic heterocycles. The van der Waals surface area contributed by atoms with Crippen molar-refractivity contribution < 1.29 is 9.16 Å². The fraction of sp³-hybridized carbons (Fsp3) is 0.769. The molecule has 102 valence electrons. The lowest BCUT2D eigenvalue weighted by atomic mass is 9.79. The van der Waals surface area contributed by atoms with Gasteiger partial charge in [-0.25, -0.2) is 0 Å². The van der Waals surface area contributed by atoms with Gasteiger partial charge in [-0.05, 0) is 50.5 Å². The summed E-state index contributed by atoms with van der Waals surface area (Å²) in [6.07, 6.45) is 6.79. The van der Waals surface area contributed by atoms with Crippen molar-refractivity contribution in [2.45, 2.75) is 51.1 Å². The minimum atomic E-state index is -1.58. The first-order valence-corrected chi connectivity index (χ1v) is 11.4. The summed E-state index contributed by atoms with van der Waals surface area (Å²) in [7, 11) is -1.58. The van der Waals surface area contributed by atoms with Gasteiger partial charge in [-0.2, -0.15) is 0 Å². The first kappa shape index (κ1) is 14.6. The zero-order valence-corrected chi connectivity index (χ0v) is 14.2. The Balaban J connectivity index is 2.06. The van der Waals surface area contributed by atoms with Gasteiger partial charge in [0.15, 0.2) is 8.32 Å². The molecule has 0 aromatic carbocycles. The molecule has 1 saturated carbocycles. The Bertz CT molecular complexity index is 364. The third-order valence-corrected chi connectivity index (χ3v) is 5.43. The number of thioether (sulfide) groups is 1. The van der Waals surface area contributed by atoms with Crippen molar-refractivity contribution in [3.63, 3.8) is 0 Å². The molecule has 2 aliphatic carbocycles. The SMILES string of the molecule is CCSC(=S)O[C@H]1CC[C@H]2C=C[C@]21O[Si](C)(C)C. The molecule has 1 fully saturated rings. The van der Waals surface area contributed by atoms with E-state index in [0.717, 1.165) is 18.6 Å². The maximum absolute atomic E-state index is 6.44. The number of thiocarbonyl (C=S) groups is 1. The van der Waals surface area contributed by atoms with Gasteiger partial charge in [-0.3, -0.25) is 0 Å². The standard InChI is InChI=1S/C13H22O2S2Si/c1-5-17-12(16)14-11-7-6-10-8-9-13(10,11)15-18(2,3)4/h8-11H,5-7H2,1-4H3/t10-,11-,13-/m0/s1. The smallest absolute Gasteiger partial charge is 0.220 e. The summed E-state index contributed by atoms with van der Waals surface area (Å²) < 4.78 is 13.1. The Hall–Kier alpha value is 0.157. The van der Waals surface area contributed by atoms with Crippen LogP contribution in [0.15, 0.2) is 12.2 Å². The first-order valence-electron chi connectivity index (χ1n) is 6.60. The minimum Gasteiger partial charge on any atom is -0.472 e. The van der Waals surface area contributed by atoms with Crippen molar-refractivity contribution in [1.82, 2.24) is 0 Å². The van der Waals surface area contributed by atoms with Crippen LogP contribution in [0.4, 0.5) is 0 Å². The molecule has 2 nitrogen and oxygen atoms in total. The molecule has 2 rings (SSSR count). The Labute approximate surface area is 121 Å². The van der Waals surface area contributed by atoms with Crippen LogP contribution in [-0.4, -0.2) is 30.2 Å². The topological polar surface area (TPSA) is 18.5 Å². The van der Waals surface area contributed by atoms with Crippen LogP contribution >= 0.6 is 24.0 Å². The second-order valence-corrected chi connectivity index (χ2v) is 12.2. The molecule has 0 heterocycles. The molecule has 2 aliphatic rings. The van der Waals surface area contributed by atoms with E-state index in [1.165, 1.54) is 0 Å². The highest BCUT2D eigenvalue weighted by atomic mass is 32.2. The van der Waals surface area contributed by atoms with Crippen LogP contribution in [0.5, 0.6) is 0 Å². The summed E-state index contributed by atoms with van der Waals surface area (Å²) in [4.78, 5) is 0. The average Bonchev–Trinajstić information content (AvgIpc) is 2.41. The highest BCUT2D eigenvalue weighted by Gasteiger charge is 2.56. The third-order valence-electron chi connectivity index (χ3n) is 3.40. The molecule has 0 spiro atoms. The molecule has 0 amide bonds. The number of fused-ring (bicyclic) bond motifs is 1. The van der Waals surface area contributed by atoms with E-state index in [1.807, 2.05) is 0 Å². The molecule has 0 bridgehead atoms. The highest BCUT2D eigenvalue weighted by molar-refractivity contribution is 8.22. The molecule has 0 N–H and O–H groups in total. The molecule has 0 radical (unpaired) electrons. The predicted octanol–water partition coefficient (Wildman–Crippen LogP) is 3.98. The van der Waals surface area contributed by atoms with E-state index in [0.29, 0.717) is 10.3 Å². The minimum absolute atomic E-state index is 0.116. The van der Waals surface area contributed by atoms with Crippen molar-refractivity contribution in [2.75, 3.05) is 5.75 Å². The Morgan fingerprint density at radius 1 is 1.44 bits per heavy atom. The number of hydrogen-bond donors (Lipinski definition) is 0. The Kier molecular flexibility index (Phi) is 4.26. The summed E-state index contributed by atoms with van der Waals surface area (Å²) in [6.45, 7) is 8.80. The van der Waals surface area contributed by atoms with Crippen LogP contribution in [0, 0.1) is 5.92 Å². The quantitative estimate of drug-likeness (QED) is 0.444. The summed E-state index contributed by atoms with van der Waals surface area (Å²) in [5.74, 6) is 1.50. The van der Waals surface area contributed by atoms with Crippen molar-refractivity contribution in [2.24, 2.45) is 5.92 Å². The summed E-state index contributed by atoms with van der Waals surface area (Å²) >= 11 is 6.87. The Morgan fingerprint density at radius 2 is 2.17 bits per heavy atom. The van der Waals surface area contributed by atoms with Crippen molar-refractivity contribution in [3.05, 3.63) is 12.2 Å². The van der Waals surface area contributed by atoms with Gasteiger partial charge in [-0.15, -0.1) is 0 Å². The van der Waals surface area contributed by atoms with Gasteiger partial charge >= 0.3 is 0 Å². The van der Waals surface area contributed by atoms with Gasteiger partial charge in [-0.1, -0.05) is 30.8 Å². The zero-order valence-electron chi connectivity index (χ0n) is 11.6. The maximum atomic E-state index is 6.44. The molecule has 5 heteroatoms. The normalized spacial score (nSPS) is 34.0. The van der Waals surface area contributed by atoms with E-state index in [9.17, 15) is 0 Å². The van der Waals surface area contributed by atoms with Gasteiger partial charge in [0, 0.05) is 5.92 Å². The van der Waals surface area contributed by atoms with Crippen molar-refractivity contribution >= 4 is 36.7 Å². The van der Waals surface area contributed by atoms with Crippen LogP contribution in [0.25, 0.3) is 0 Å². The second-order valence-electron chi connectivity index (χ2n) is 5.90. The van der Waals surface area contributed by atoms with Crippen LogP contribution in [-0.2, 0) is 9.16 Å². The van der Waals surface area contributed by atoms with Crippen LogP contribution in [0.1, 0.15) is 19.8 Å². The monoisotopic (exact) mass is 302 g/mol. The van der Waals surface area contributed by atoms with Gasteiger partial charge < -0.3 is 9.16 Å². The van der Waals surface area contributed by atoms with Gasteiger partial charge in [0.2, 0.25) is 4.38 Å². The molecule has 0 unspecified atom stereocenters. The molecular weight excluding hydrogens is 280 g/mol. The van der Waals surface area contributed by atoms with Gasteiger partial charge in [0.05, 0.1) is 0 Å². The van der Waals surface area contributed by atoms with E-state index in [2.05, 4.69) is 38.7 Å². The lowest BCUT2D eigenvalue weighted by molar-refractivity contribution is -0.0216. The molecule has 0 saturated heterocycles. The molecule has 0 aliphatic heterocycles. The van der Waals surface area contributed by atoms with Crippen LogP contribution in [0.3, 0.4) is 0 Å². The summed E-state index contributed by atoms with van der Waals surface area (Å²) in [5.41, 5.74) is -0.178. The van der Waals surface area contributed by atoms with Gasteiger partial charge in [0.25, 0.3) is 0 Å². The summed E-state index contributed by atoms with van der Waals surface area (Å²) in [5, 5.41) is 0. The zero-order chi connectivity index (χ0) is 13.4. The van der Waals surface area contributed by atoms with E-state index < -0.39 is 8.32 Å². The van der Waals surface area contributed by atoms with E-state index in [1.54, 1.807) is 11.8 Å². The predicted molar refractivity (Wildman–Crippen MR) is 84.6 cm³/mol. The number of ether oxygens (including phenoxy) is 1. The highest BCUT2D eigenvalue weighted by Crippen LogP contribution is 2.50. The van der Waals surface area contributed by atoms with Gasteiger partial charge in [0.1, 0.15) is 11.7 Å². The molecule has 0 aromatic rings. The molecule has 18 heavy (non-hydrogen) atoms. The molecule has 3 atom stereocenters. The van der Waals surface area contributed by atoms with E-state index >= 15 is 0 Å². The fourth-order valence-electron chi connectivity index (χ4n) is 2.77. The van der Waals surface area contributed by atoms with Crippen LogP contribution in [0.2, 0.25) is 19.6 Å². The largest absolute Gasteiger partial charge is 0.472 e. The van der Waals surface area contributed by atoms with Crippen molar-refractivity contribution in [1.29, 1.82) is 0 Å². The van der Waals surface area contributed by atoms with E-state index in [-0.39, 0.29) is 11.7 Å². The van der Waals surface area contributed by atoms with Crippen molar-refractivity contribution in [3.8, 4) is 0 Å². The van der Waals surface area contributed by atoms with Crippen LogP contribution < -0.4 is 0 Å². The first-order chi connectivity index (χ1) is 8.37. The summed E-state index contributed by atoms with van der Waals surface area (Å²) in [6, 6.07) is 0. The number of hydrogen-bond acceptors (Lipinski definition) is 4. The fourth-order valence-corrected chi connectivity index (χ4v) is 5.07. The lowest BCUT2D eigenvalue weighted by Crippen LogP contribution is -2.54. The molecular formula is C13H22O2S2Si. The number of rotatable bonds is 4. The second kappa shape index (κ2) is 5.27. The lowest BCUT2D eigenvalue weighted by Gasteiger charge is -2.46.